The van der Waals surface area contributed by atoms with Crippen molar-refractivity contribution in [2.75, 3.05) is 0 Å². The van der Waals surface area contributed by atoms with Crippen molar-refractivity contribution in [3.63, 3.8) is 0 Å². The van der Waals surface area contributed by atoms with Gasteiger partial charge in [-0.3, -0.25) is 4.79 Å². The van der Waals surface area contributed by atoms with Crippen LogP contribution in [0.25, 0.3) is 0 Å². The van der Waals surface area contributed by atoms with E-state index in [1.807, 2.05) is 50.0 Å². The van der Waals surface area contributed by atoms with Crippen LogP contribution < -0.4 is 0 Å². The Labute approximate surface area is 96.3 Å². The number of hydrogen-bond acceptors (Lipinski definition) is 2. The molecule has 0 aromatic heterocycles. The maximum atomic E-state index is 11.3. The molecule has 0 heterocycles. The average Bonchev–Trinajstić information content (AvgIpc) is 2.14. The first-order valence-corrected chi connectivity index (χ1v) is 8.61. The molecule has 0 saturated carbocycles. The van der Waals surface area contributed by atoms with Gasteiger partial charge in [-0.1, -0.05) is 30.3 Å². The lowest BCUT2D eigenvalue weighted by atomic mass is 10.1. The second-order valence-corrected chi connectivity index (χ2v) is 9.16. The molecule has 0 fully saturated rings. The SMILES string of the molecule is C[Si](C)(C)O[C@H](C(=O)Cl)c1ccccc1. The maximum absolute atomic E-state index is 11.3. The summed E-state index contributed by atoms with van der Waals surface area (Å²) in [6, 6.07) is 9.34. The van der Waals surface area contributed by atoms with E-state index in [0.717, 1.165) is 5.56 Å². The molecule has 0 unspecified atom stereocenters. The third-order valence-corrected chi connectivity index (χ3v) is 2.92. The summed E-state index contributed by atoms with van der Waals surface area (Å²) in [7, 11) is -1.77. The van der Waals surface area contributed by atoms with Crippen LogP contribution in [0.1, 0.15) is 11.7 Å². The summed E-state index contributed by atoms with van der Waals surface area (Å²) in [6.45, 7) is 6.09. The van der Waals surface area contributed by atoms with Crippen molar-refractivity contribution < 1.29 is 9.22 Å². The topological polar surface area (TPSA) is 26.3 Å². The average molecular weight is 243 g/mol. The van der Waals surface area contributed by atoms with Gasteiger partial charge in [-0.05, 0) is 36.8 Å². The molecule has 0 bridgehead atoms. The molecule has 4 heteroatoms. The predicted molar refractivity (Wildman–Crippen MR) is 64.5 cm³/mol. The Morgan fingerprint density at radius 1 is 1.27 bits per heavy atom. The van der Waals surface area contributed by atoms with Gasteiger partial charge in [0, 0.05) is 0 Å². The molecule has 0 radical (unpaired) electrons. The molecule has 0 saturated heterocycles. The van der Waals surface area contributed by atoms with Gasteiger partial charge in [0.05, 0.1) is 0 Å². The second kappa shape index (κ2) is 4.92. The minimum atomic E-state index is -1.77. The lowest BCUT2D eigenvalue weighted by Gasteiger charge is -2.23. The largest absolute Gasteiger partial charge is 0.403 e. The van der Waals surface area contributed by atoms with Crippen molar-refractivity contribution in [3.05, 3.63) is 35.9 Å². The molecular weight excluding hydrogens is 228 g/mol. The summed E-state index contributed by atoms with van der Waals surface area (Å²) < 4.78 is 5.74. The summed E-state index contributed by atoms with van der Waals surface area (Å²) >= 11 is 5.54. The van der Waals surface area contributed by atoms with Crippen molar-refractivity contribution >= 4 is 25.2 Å². The molecule has 1 aromatic carbocycles. The number of benzene rings is 1. The van der Waals surface area contributed by atoms with Crippen LogP contribution in [0.2, 0.25) is 19.6 Å². The molecule has 0 amide bonds. The number of carbonyl (C=O) groups excluding carboxylic acids is 1. The molecule has 1 atom stereocenters. The summed E-state index contributed by atoms with van der Waals surface area (Å²) in [5.41, 5.74) is 0.819. The molecule has 1 aromatic rings. The Morgan fingerprint density at radius 3 is 2.20 bits per heavy atom. The van der Waals surface area contributed by atoms with E-state index in [9.17, 15) is 4.79 Å². The van der Waals surface area contributed by atoms with Crippen LogP contribution in [0.15, 0.2) is 30.3 Å². The van der Waals surface area contributed by atoms with E-state index in [-0.39, 0.29) is 0 Å². The van der Waals surface area contributed by atoms with Crippen molar-refractivity contribution in [3.8, 4) is 0 Å². The lowest BCUT2D eigenvalue weighted by Crippen LogP contribution is -2.30. The minimum absolute atomic E-state index is 0.455. The highest BCUT2D eigenvalue weighted by Crippen LogP contribution is 2.24. The first-order valence-electron chi connectivity index (χ1n) is 4.82. The molecule has 15 heavy (non-hydrogen) atoms. The van der Waals surface area contributed by atoms with Crippen molar-refractivity contribution in [2.24, 2.45) is 0 Å². The summed E-state index contributed by atoms with van der Waals surface area (Å²) in [5.74, 6) is 0. The fraction of sp³-hybridized carbons (Fsp3) is 0.364. The highest BCUT2D eigenvalue weighted by molar-refractivity contribution is 6.71. The predicted octanol–water partition coefficient (Wildman–Crippen LogP) is 3.34. The van der Waals surface area contributed by atoms with E-state index < -0.39 is 19.7 Å². The van der Waals surface area contributed by atoms with Crippen molar-refractivity contribution in [1.29, 1.82) is 0 Å². The third kappa shape index (κ3) is 4.16. The van der Waals surface area contributed by atoms with Crippen LogP contribution in [0.5, 0.6) is 0 Å². The number of rotatable bonds is 4. The monoisotopic (exact) mass is 242 g/mol. The molecule has 0 spiro atoms. The standard InChI is InChI=1S/C11H15ClO2Si/c1-15(2,3)14-10(11(12)13)9-7-5-4-6-8-9/h4-8,10H,1-3H3/t10-/m0/s1. The zero-order chi connectivity index (χ0) is 11.5. The van der Waals surface area contributed by atoms with Crippen LogP contribution >= 0.6 is 11.6 Å². The molecule has 0 aliphatic heterocycles. The van der Waals surface area contributed by atoms with Crippen LogP contribution in [0.4, 0.5) is 0 Å². The van der Waals surface area contributed by atoms with E-state index >= 15 is 0 Å². The Bertz CT molecular complexity index is 332. The van der Waals surface area contributed by atoms with Gasteiger partial charge in [0.15, 0.2) is 8.32 Å². The van der Waals surface area contributed by atoms with E-state index in [4.69, 9.17) is 16.0 Å². The summed E-state index contributed by atoms with van der Waals surface area (Å²) in [4.78, 5) is 11.3. The Hall–Kier alpha value is -0.643. The van der Waals surface area contributed by atoms with Gasteiger partial charge in [0.2, 0.25) is 0 Å². The Balaban J connectivity index is 2.90. The van der Waals surface area contributed by atoms with Crippen molar-refractivity contribution in [1.82, 2.24) is 0 Å². The van der Waals surface area contributed by atoms with Gasteiger partial charge < -0.3 is 4.43 Å². The zero-order valence-electron chi connectivity index (χ0n) is 9.16. The zero-order valence-corrected chi connectivity index (χ0v) is 10.9. The second-order valence-electron chi connectivity index (χ2n) is 4.33. The molecule has 0 aliphatic carbocycles. The molecular formula is C11H15ClO2Si. The maximum Gasteiger partial charge on any atom is 0.253 e. The fourth-order valence-corrected chi connectivity index (χ4v) is 2.42. The normalized spacial score (nSPS) is 13.6. The molecule has 0 aliphatic rings. The van der Waals surface area contributed by atoms with E-state index in [0.29, 0.717) is 0 Å². The number of hydrogen-bond donors (Lipinski definition) is 0. The van der Waals surface area contributed by atoms with Crippen LogP contribution in [-0.4, -0.2) is 13.6 Å². The highest BCUT2D eigenvalue weighted by Gasteiger charge is 2.26. The van der Waals surface area contributed by atoms with Gasteiger partial charge in [-0.25, -0.2) is 0 Å². The molecule has 1 rings (SSSR count). The van der Waals surface area contributed by atoms with Crippen molar-refractivity contribution in [2.45, 2.75) is 25.7 Å². The number of halogens is 1. The minimum Gasteiger partial charge on any atom is -0.403 e. The van der Waals surface area contributed by atoms with Crippen LogP contribution in [0.3, 0.4) is 0 Å². The molecule has 2 nitrogen and oxygen atoms in total. The highest BCUT2D eigenvalue weighted by atomic mass is 35.5. The van der Waals surface area contributed by atoms with Gasteiger partial charge >= 0.3 is 0 Å². The third-order valence-electron chi connectivity index (χ3n) is 1.78. The lowest BCUT2D eigenvalue weighted by molar-refractivity contribution is -0.118. The summed E-state index contributed by atoms with van der Waals surface area (Å²) in [6.07, 6.45) is -0.625. The molecule has 0 N–H and O–H groups in total. The summed E-state index contributed by atoms with van der Waals surface area (Å²) in [5, 5.41) is -0.455. The van der Waals surface area contributed by atoms with Crippen LogP contribution in [-0.2, 0) is 9.22 Å². The van der Waals surface area contributed by atoms with Gasteiger partial charge in [0.1, 0.15) is 6.10 Å². The first kappa shape index (κ1) is 12.4. The van der Waals surface area contributed by atoms with E-state index in [1.54, 1.807) is 0 Å². The van der Waals surface area contributed by atoms with E-state index in [2.05, 4.69) is 0 Å². The Kier molecular flexibility index (Phi) is 4.08. The van der Waals surface area contributed by atoms with Crippen LogP contribution in [0, 0.1) is 0 Å². The van der Waals surface area contributed by atoms with Gasteiger partial charge in [-0.2, -0.15) is 0 Å². The molecule has 82 valence electrons. The van der Waals surface area contributed by atoms with E-state index in [1.165, 1.54) is 0 Å². The Morgan fingerprint density at radius 2 is 1.80 bits per heavy atom. The number of carbonyl (C=O) groups is 1. The fourth-order valence-electron chi connectivity index (χ4n) is 1.23. The quantitative estimate of drug-likeness (QED) is 0.598. The van der Waals surface area contributed by atoms with Gasteiger partial charge in [-0.15, -0.1) is 0 Å². The first-order chi connectivity index (χ1) is 6.90. The smallest absolute Gasteiger partial charge is 0.253 e. The van der Waals surface area contributed by atoms with Gasteiger partial charge in [0.25, 0.3) is 5.24 Å².